The summed E-state index contributed by atoms with van der Waals surface area (Å²) in [6.07, 6.45) is 0. The summed E-state index contributed by atoms with van der Waals surface area (Å²) in [5, 5.41) is 12.9. The van der Waals surface area contributed by atoms with E-state index < -0.39 is 0 Å². The average molecular weight is 467 g/mol. The van der Waals surface area contributed by atoms with E-state index in [0.29, 0.717) is 28.6 Å². The Morgan fingerprint density at radius 1 is 1.04 bits per heavy atom. The zero-order valence-electron chi connectivity index (χ0n) is 15.0. The first kappa shape index (κ1) is 20.3. The molecule has 0 amide bonds. The topological polar surface area (TPSA) is 50.7 Å². The Balaban J connectivity index is 1.72. The number of hydrogen-bond donors (Lipinski definition) is 2. The molecular formula is C21H18BrClFNO3. The number of ether oxygens (including phenoxy) is 2. The summed E-state index contributed by atoms with van der Waals surface area (Å²) in [6, 6.07) is 14.7. The summed E-state index contributed by atoms with van der Waals surface area (Å²) < 4.78 is 25.3. The van der Waals surface area contributed by atoms with Crippen LogP contribution in [0.15, 0.2) is 59.1 Å². The molecule has 146 valence electrons. The smallest absolute Gasteiger partial charge is 0.162 e. The number of phenolic OH excluding ortho intramolecular Hbond substituents is 1. The van der Waals surface area contributed by atoms with E-state index in [2.05, 4.69) is 21.2 Å². The van der Waals surface area contributed by atoms with Crippen molar-refractivity contribution in [3.8, 4) is 17.2 Å². The Labute approximate surface area is 176 Å². The maximum atomic E-state index is 13.2. The average Bonchev–Trinajstić information content (AvgIpc) is 2.68. The van der Waals surface area contributed by atoms with Crippen LogP contribution in [0.25, 0.3) is 0 Å². The molecule has 0 aliphatic rings. The Bertz CT molecular complexity index is 967. The van der Waals surface area contributed by atoms with Gasteiger partial charge in [0, 0.05) is 22.3 Å². The maximum Gasteiger partial charge on any atom is 0.162 e. The molecule has 2 N–H and O–H groups in total. The number of anilines is 1. The maximum absolute atomic E-state index is 13.2. The van der Waals surface area contributed by atoms with Crippen LogP contribution in [-0.4, -0.2) is 12.2 Å². The van der Waals surface area contributed by atoms with Crippen LogP contribution in [0.3, 0.4) is 0 Å². The first-order valence-corrected chi connectivity index (χ1v) is 9.59. The minimum atomic E-state index is -0.389. The van der Waals surface area contributed by atoms with E-state index in [9.17, 15) is 9.50 Å². The number of methoxy groups -OCH3 is 1. The molecular weight excluding hydrogens is 449 g/mol. The second kappa shape index (κ2) is 9.17. The van der Waals surface area contributed by atoms with Crippen LogP contribution in [0.5, 0.6) is 17.2 Å². The Kier molecular flexibility index (Phi) is 6.65. The second-order valence-corrected chi connectivity index (χ2v) is 7.28. The van der Waals surface area contributed by atoms with Gasteiger partial charge in [0.2, 0.25) is 0 Å². The molecule has 0 atom stereocenters. The lowest BCUT2D eigenvalue weighted by atomic mass is 10.2. The van der Waals surface area contributed by atoms with Crippen LogP contribution in [0.4, 0.5) is 10.1 Å². The second-order valence-electron chi connectivity index (χ2n) is 6.02. The third-order valence-electron chi connectivity index (χ3n) is 4.08. The lowest BCUT2D eigenvalue weighted by Crippen LogP contribution is -2.03. The third kappa shape index (κ3) is 5.09. The predicted octanol–water partition coefficient (Wildman–Crippen LogP) is 6.15. The van der Waals surface area contributed by atoms with E-state index in [1.165, 1.54) is 12.1 Å². The van der Waals surface area contributed by atoms with Crippen molar-refractivity contribution in [3.63, 3.8) is 0 Å². The van der Waals surface area contributed by atoms with Gasteiger partial charge < -0.3 is 19.9 Å². The highest BCUT2D eigenvalue weighted by Crippen LogP contribution is 2.35. The monoisotopic (exact) mass is 465 g/mol. The summed E-state index contributed by atoms with van der Waals surface area (Å²) in [6.45, 7) is 0.735. The highest BCUT2D eigenvalue weighted by Gasteiger charge is 2.12. The number of aromatic hydroxyl groups is 1. The van der Waals surface area contributed by atoms with Crippen molar-refractivity contribution in [3.05, 3.63) is 81.0 Å². The van der Waals surface area contributed by atoms with E-state index >= 15 is 0 Å². The van der Waals surface area contributed by atoms with Gasteiger partial charge in [-0.3, -0.25) is 0 Å². The van der Waals surface area contributed by atoms with Gasteiger partial charge in [0.25, 0.3) is 0 Å². The minimum Gasteiger partial charge on any atom is -0.508 e. The van der Waals surface area contributed by atoms with Crippen LogP contribution in [-0.2, 0) is 13.2 Å². The number of nitrogens with one attached hydrogen (secondary N) is 1. The number of benzene rings is 3. The molecule has 7 heteroatoms. The Morgan fingerprint density at radius 2 is 1.79 bits per heavy atom. The first-order valence-electron chi connectivity index (χ1n) is 8.42. The molecule has 0 bridgehead atoms. The molecule has 0 fully saturated rings. The molecule has 0 unspecified atom stereocenters. The fourth-order valence-electron chi connectivity index (χ4n) is 2.56. The predicted molar refractivity (Wildman–Crippen MR) is 112 cm³/mol. The lowest BCUT2D eigenvalue weighted by molar-refractivity contribution is 0.284. The fraction of sp³-hybridized carbons (Fsp3) is 0.143. The normalized spacial score (nSPS) is 10.6. The molecule has 3 aromatic carbocycles. The number of phenols is 1. The molecule has 28 heavy (non-hydrogen) atoms. The molecule has 0 radical (unpaired) electrons. The van der Waals surface area contributed by atoms with Crippen molar-refractivity contribution in [2.75, 3.05) is 12.4 Å². The molecule has 0 aliphatic carbocycles. The van der Waals surface area contributed by atoms with E-state index in [0.717, 1.165) is 15.7 Å². The van der Waals surface area contributed by atoms with Gasteiger partial charge in [-0.05, 0) is 54.1 Å². The molecule has 3 rings (SSSR count). The van der Waals surface area contributed by atoms with E-state index in [-0.39, 0.29) is 18.2 Å². The van der Waals surface area contributed by atoms with Crippen molar-refractivity contribution >= 4 is 33.2 Å². The van der Waals surface area contributed by atoms with Crippen molar-refractivity contribution in [2.45, 2.75) is 13.2 Å². The summed E-state index contributed by atoms with van der Waals surface area (Å²) in [5.74, 6) is 0.947. The molecule has 0 aromatic heterocycles. The van der Waals surface area contributed by atoms with Gasteiger partial charge in [0.1, 0.15) is 18.2 Å². The fourth-order valence-corrected chi connectivity index (χ4v) is 3.24. The van der Waals surface area contributed by atoms with Crippen LogP contribution >= 0.6 is 27.5 Å². The SMILES string of the molecule is COc1cc(CNc2ccc(O)cc2)c(Br)cc1OCc1ccc(F)cc1Cl. The largest absolute Gasteiger partial charge is 0.508 e. The van der Waals surface area contributed by atoms with Crippen LogP contribution in [0, 0.1) is 5.82 Å². The Hall–Kier alpha value is -2.44. The summed E-state index contributed by atoms with van der Waals surface area (Å²) >= 11 is 9.61. The molecule has 0 heterocycles. The van der Waals surface area contributed by atoms with Crippen molar-refractivity contribution < 1.29 is 19.0 Å². The van der Waals surface area contributed by atoms with Gasteiger partial charge >= 0.3 is 0 Å². The lowest BCUT2D eigenvalue weighted by Gasteiger charge is -2.15. The number of rotatable bonds is 7. The van der Waals surface area contributed by atoms with Gasteiger partial charge in [0.15, 0.2) is 11.5 Å². The highest BCUT2D eigenvalue weighted by molar-refractivity contribution is 9.10. The zero-order chi connectivity index (χ0) is 20.1. The van der Waals surface area contributed by atoms with Crippen LogP contribution < -0.4 is 14.8 Å². The molecule has 0 saturated carbocycles. The van der Waals surface area contributed by atoms with E-state index in [1.807, 2.05) is 12.1 Å². The quantitative estimate of drug-likeness (QED) is 0.410. The highest BCUT2D eigenvalue weighted by atomic mass is 79.9. The van der Waals surface area contributed by atoms with Crippen LogP contribution in [0.2, 0.25) is 5.02 Å². The minimum absolute atomic E-state index is 0.188. The third-order valence-corrected chi connectivity index (χ3v) is 5.17. The molecule has 0 aliphatic heterocycles. The molecule has 3 aromatic rings. The molecule has 4 nitrogen and oxygen atoms in total. The number of halogens is 3. The first-order chi connectivity index (χ1) is 13.5. The van der Waals surface area contributed by atoms with Gasteiger partial charge in [-0.2, -0.15) is 0 Å². The summed E-state index contributed by atoms with van der Waals surface area (Å²) in [7, 11) is 1.57. The van der Waals surface area contributed by atoms with Gasteiger partial charge in [0.05, 0.1) is 12.1 Å². The standard InChI is InChI=1S/C21H18BrClFNO3/c1-27-20-8-14(11-25-16-4-6-17(26)7-5-16)18(22)10-21(20)28-12-13-2-3-15(24)9-19(13)23/h2-10,25-26H,11-12H2,1H3. The van der Waals surface area contributed by atoms with Gasteiger partial charge in [-0.25, -0.2) is 4.39 Å². The van der Waals surface area contributed by atoms with E-state index in [4.69, 9.17) is 21.1 Å². The van der Waals surface area contributed by atoms with Crippen molar-refractivity contribution in [2.24, 2.45) is 0 Å². The zero-order valence-corrected chi connectivity index (χ0v) is 17.3. The molecule has 0 saturated heterocycles. The Morgan fingerprint density at radius 3 is 2.46 bits per heavy atom. The number of hydrogen-bond acceptors (Lipinski definition) is 4. The summed E-state index contributed by atoms with van der Waals surface area (Å²) in [4.78, 5) is 0. The summed E-state index contributed by atoms with van der Waals surface area (Å²) in [5.41, 5.74) is 2.53. The van der Waals surface area contributed by atoms with E-state index in [1.54, 1.807) is 37.4 Å². The van der Waals surface area contributed by atoms with Crippen molar-refractivity contribution in [1.29, 1.82) is 0 Å². The molecule has 0 spiro atoms. The van der Waals surface area contributed by atoms with Gasteiger partial charge in [-0.1, -0.05) is 33.6 Å². The van der Waals surface area contributed by atoms with Crippen molar-refractivity contribution in [1.82, 2.24) is 0 Å². The van der Waals surface area contributed by atoms with Gasteiger partial charge in [-0.15, -0.1) is 0 Å². The van der Waals surface area contributed by atoms with Crippen LogP contribution in [0.1, 0.15) is 11.1 Å².